The zero-order valence-electron chi connectivity index (χ0n) is 7.71. The van der Waals surface area contributed by atoms with E-state index in [9.17, 15) is 0 Å². The summed E-state index contributed by atoms with van der Waals surface area (Å²) in [4.78, 5) is 0. The van der Waals surface area contributed by atoms with Gasteiger partial charge >= 0.3 is 0 Å². The number of rotatable bonds is 0. The van der Waals surface area contributed by atoms with Crippen molar-refractivity contribution in [2.75, 3.05) is 0 Å². The fourth-order valence-corrected chi connectivity index (χ4v) is 5.53. The van der Waals surface area contributed by atoms with Crippen molar-refractivity contribution in [1.82, 2.24) is 0 Å². The van der Waals surface area contributed by atoms with Gasteiger partial charge in [0.15, 0.2) is 0 Å². The molecule has 4 aliphatic rings. The quantitative estimate of drug-likeness (QED) is 0.480. The Labute approximate surface area is 74.7 Å². The Kier molecular flexibility index (Phi) is 1.03. The van der Waals surface area contributed by atoms with Gasteiger partial charge < -0.3 is 0 Å². The fraction of sp³-hybridized carbons (Fsp3) is 1.00. The lowest BCUT2D eigenvalue weighted by Gasteiger charge is -2.34. The first-order valence-corrected chi connectivity index (χ1v) is 5.93. The topological polar surface area (TPSA) is 0 Å². The standard InChI is InChI=1S/C12H18/c1-2-8-5-7(1)11-9-3-4-10(6-9)12(8)11/h7-12H,1-6H2/t7-,8-,9-,10+,11?,12?/m1/s1. The van der Waals surface area contributed by atoms with Crippen LogP contribution in [-0.4, -0.2) is 0 Å². The molecule has 0 aromatic rings. The van der Waals surface area contributed by atoms with E-state index in [0.717, 1.165) is 0 Å². The summed E-state index contributed by atoms with van der Waals surface area (Å²) in [5.41, 5.74) is 0. The van der Waals surface area contributed by atoms with Gasteiger partial charge in [-0.3, -0.25) is 0 Å². The van der Waals surface area contributed by atoms with Crippen molar-refractivity contribution in [1.29, 1.82) is 0 Å². The molecule has 0 radical (unpaired) electrons. The van der Waals surface area contributed by atoms with E-state index >= 15 is 0 Å². The highest BCUT2D eigenvalue weighted by Crippen LogP contribution is 2.67. The Morgan fingerprint density at radius 1 is 0.500 bits per heavy atom. The highest BCUT2D eigenvalue weighted by molar-refractivity contribution is 5.08. The first-order chi connectivity index (χ1) is 5.93. The smallest absolute Gasteiger partial charge is 0.0323 e. The number of hydrogen-bond donors (Lipinski definition) is 0. The summed E-state index contributed by atoms with van der Waals surface area (Å²) < 4.78 is 0. The third kappa shape index (κ3) is 0.561. The van der Waals surface area contributed by atoms with Crippen molar-refractivity contribution < 1.29 is 0 Å². The van der Waals surface area contributed by atoms with Gasteiger partial charge in [-0.15, -0.1) is 0 Å². The highest BCUT2D eigenvalue weighted by Gasteiger charge is 2.59. The molecule has 0 spiro atoms. The van der Waals surface area contributed by atoms with Gasteiger partial charge in [-0.25, -0.2) is 0 Å². The lowest BCUT2D eigenvalue weighted by molar-refractivity contribution is 0.146. The fourth-order valence-electron chi connectivity index (χ4n) is 5.53. The van der Waals surface area contributed by atoms with Gasteiger partial charge in [0.1, 0.15) is 0 Å². The Morgan fingerprint density at radius 2 is 0.833 bits per heavy atom. The van der Waals surface area contributed by atoms with Crippen LogP contribution in [0.1, 0.15) is 38.5 Å². The van der Waals surface area contributed by atoms with Gasteiger partial charge in [0, 0.05) is 0 Å². The summed E-state index contributed by atoms with van der Waals surface area (Å²) in [6.07, 6.45) is 9.71. The van der Waals surface area contributed by atoms with E-state index in [1.165, 1.54) is 35.5 Å². The zero-order chi connectivity index (χ0) is 7.71. The first-order valence-electron chi connectivity index (χ1n) is 5.93. The molecule has 0 aliphatic heterocycles. The van der Waals surface area contributed by atoms with Crippen LogP contribution in [0.5, 0.6) is 0 Å². The van der Waals surface area contributed by atoms with E-state index in [2.05, 4.69) is 0 Å². The molecule has 66 valence electrons. The van der Waals surface area contributed by atoms with E-state index in [4.69, 9.17) is 0 Å². The molecule has 0 heteroatoms. The third-order valence-electron chi connectivity index (χ3n) is 5.65. The molecular weight excluding hydrogens is 144 g/mol. The second-order valence-corrected chi connectivity index (χ2v) is 5.82. The summed E-state index contributed by atoms with van der Waals surface area (Å²) in [5.74, 6) is 7.29. The summed E-state index contributed by atoms with van der Waals surface area (Å²) in [7, 11) is 0. The van der Waals surface area contributed by atoms with Crippen LogP contribution >= 0.6 is 0 Å². The maximum absolute atomic E-state index is 1.64. The molecular formula is C12H18. The maximum Gasteiger partial charge on any atom is -0.0323 e. The van der Waals surface area contributed by atoms with Crippen LogP contribution in [0.25, 0.3) is 0 Å². The summed E-state index contributed by atoms with van der Waals surface area (Å²) in [6, 6.07) is 0. The average Bonchev–Trinajstić information content (AvgIpc) is 2.83. The second kappa shape index (κ2) is 1.91. The van der Waals surface area contributed by atoms with E-state index in [0.29, 0.717) is 0 Å². The van der Waals surface area contributed by atoms with Gasteiger partial charge in [-0.2, -0.15) is 0 Å². The van der Waals surface area contributed by atoms with E-state index in [1.54, 1.807) is 38.5 Å². The predicted molar refractivity (Wildman–Crippen MR) is 48.6 cm³/mol. The lowest BCUT2D eigenvalue weighted by Crippen LogP contribution is -2.27. The Balaban J connectivity index is 1.77. The van der Waals surface area contributed by atoms with Crippen LogP contribution in [0, 0.1) is 35.5 Å². The third-order valence-corrected chi connectivity index (χ3v) is 5.65. The molecule has 4 bridgehead atoms. The number of hydrogen-bond acceptors (Lipinski definition) is 0. The predicted octanol–water partition coefficient (Wildman–Crippen LogP) is 3.08. The Hall–Kier alpha value is 0. The maximum atomic E-state index is 1.64. The van der Waals surface area contributed by atoms with Crippen LogP contribution in [0.15, 0.2) is 0 Å². The molecule has 6 atom stereocenters. The minimum Gasteiger partial charge on any atom is -0.0499 e. The molecule has 0 N–H and O–H groups in total. The SMILES string of the molecule is C1C[C@@H]2C[C@@H]1C1C2[C@H]2CC[C@@H]1C2. The molecule has 4 aliphatic carbocycles. The van der Waals surface area contributed by atoms with Crippen molar-refractivity contribution >= 4 is 0 Å². The molecule has 12 heavy (non-hydrogen) atoms. The molecule has 0 nitrogen and oxygen atoms in total. The molecule has 2 unspecified atom stereocenters. The summed E-state index contributed by atoms with van der Waals surface area (Å²) >= 11 is 0. The van der Waals surface area contributed by atoms with Crippen molar-refractivity contribution in [3.63, 3.8) is 0 Å². The molecule has 0 amide bonds. The van der Waals surface area contributed by atoms with Gasteiger partial charge in [-0.1, -0.05) is 0 Å². The Morgan fingerprint density at radius 3 is 1.17 bits per heavy atom. The van der Waals surface area contributed by atoms with Crippen molar-refractivity contribution in [3.8, 4) is 0 Å². The van der Waals surface area contributed by atoms with Crippen LogP contribution in [0.2, 0.25) is 0 Å². The second-order valence-electron chi connectivity index (χ2n) is 5.82. The van der Waals surface area contributed by atoms with Crippen LogP contribution in [-0.2, 0) is 0 Å². The highest BCUT2D eigenvalue weighted by atomic mass is 14.6. The number of fused-ring (bicyclic) bond motifs is 9. The van der Waals surface area contributed by atoms with Gasteiger partial charge in [0.2, 0.25) is 0 Å². The minimum absolute atomic E-state index is 1.20. The normalized spacial score (nSPS) is 66.0. The van der Waals surface area contributed by atoms with Gasteiger partial charge in [-0.05, 0) is 74.0 Å². The molecule has 0 aromatic carbocycles. The summed E-state index contributed by atoms with van der Waals surface area (Å²) in [5, 5.41) is 0. The van der Waals surface area contributed by atoms with Crippen molar-refractivity contribution in [2.24, 2.45) is 35.5 Å². The molecule has 0 saturated heterocycles. The largest absolute Gasteiger partial charge is 0.0499 e. The Bertz CT molecular complexity index is 176. The van der Waals surface area contributed by atoms with E-state index < -0.39 is 0 Å². The first kappa shape index (κ1) is 6.45. The molecule has 4 fully saturated rings. The van der Waals surface area contributed by atoms with Gasteiger partial charge in [0.05, 0.1) is 0 Å². The van der Waals surface area contributed by atoms with Crippen molar-refractivity contribution in [2.45, 2.75) is 38.5 Å². The van der Waals surface area contributed by atoms with Gasteiger partial charge in [0.25, 0.3) is 0 Å². The summed E-state index contributed by atoms with van der Waals surface area (Å²) in [6.45, 7) is 0. The van der Waals surface area contributed by atoms with Crippen LogP contribution in [0.3, 0.4) is 0 Å². The van der Waals surface area contributed by atoms with Crippen molar-refractivity contribution in [3.05, 3.63) is 0 Å². The van der Waals surface area contributed by atoms with Crippen LogP contribution < -0.4 is 0 Å². The lowest BCUT2D eigenvalue weighted by atomic mass is 9.71. The molecule has 4 saturated carbocycles. The average molecular weight is 162 g/mol. The van der Waals surface area contributed by atoms with Crippen LogP contribution in [0.4, 0.5) is 0 Å². The monoisotopic (exact) mass is 162 g/mol. The molecule has 0 heterocycles. The van der Waals surface area contributed by atoms with E-state index in [-0.39, 0.29) is 0 Å². The zero-order valence-corrected chi connectivity index (χ0v) is 7.71. The molecule has 0 aromatic heterocycles. The minimum atomic E-state index is 1.20. The van der Waals surface area contributed by atoms with E-state index in [1.807, 2.05) is 0 Å². The molecule has 4 rings (SSSR count).